The zero-order valence-corrected chi connectivity index (χ0v) is 23.6. The molecule has 2 aromatic carbocycles. The number of benzene rings is 2. The summed E-state index contributed by atoms with van der Waals surface area (Å²) in [5.41, 5.74) is 2.00. The van der Waals surface area contributed by atoms with Crippen molar-refractivity contribution in [3.63, 3.8) is 0 Å². The lowest BCUT2D eigenvalue weighted by Crippen LogP contribution is -2.54. The van der Waals surface area contributed by atoms with Crippen molar-refractivity contribution in [1.29, 1.82) is 0 Å². The summed E-state index contributed by atoms with van der Waals surface area (Å²) in [5, 5.41) is 20.0. The number of carbonyl (C=O) groups excluding carboxylic acids is 4. The van der Waals surface area contributed by atoms with Crippen LogP contribution in [0, 0.1) is 5.92 Å². The Morgan fingerprint density at radius 3 is 2.22 bits per heavy atom. The summed E-state index contributed by atoms with van der Waals surface area (Å²) in [4.78, 5) is 50.5. The van der Waals surface area contributed by atoms with E-state index in [1.54, 1.807) is 38.1 Å². The second-order valence-electron chi connectivity index (χ2n) is 9.64. The van der Waals surface area contributed by atoms with Gasteiger partial charge in [0.2, 0.25) is 11.8 Å². The Hall–Kier alpha value is -4.38. The average Bonchev–Trinajstić information content (AvgIpc) is 2.97. The number of hydrogen-bond acceptors (Lipinski definition) is 7. The lowest BCUT2D eigenvalue weighted by Gasteiger charge is -2.25. The molecular formula is C30H40N4O7. The number of amides is 4. The molecule has 0 radical (unpaired) electrons. The highest BCUT2D eigenvalue weighted by Gasteiger charge is 2.29. The Bertz CT molecular complexity index is 1120. The summed E-state index contributed by atoms with van der Waals surface area (Å²) in [5.74, 6) is -1.26. The molecule has 4 amide bonds. The van der Waals surface area contributed by atoms with Gasteiger partial charge in [0, 0.05) is 12.2 Å². The van der Waals surface area contributed by atoms with E-state index in [4.69, 9.17) is 9.47 Å². The second kappa shape index (κ2) is 18.1. The smallest absolute Gasteiger partial charge is 0.408 e. The molecule has 11 nitrogen and oxygen atoms in total. The Balaban J connectivity index is 2.01. The fraction of sp³-hybridized carbons (Fsp3) is 0.400. The molecule has 1 unspecified atom stereocenters. The second-order valence-corrected chi connectivity index (χ2v) is 9.64. The van der Waals surface area contributed by atoms with Gasteiger partial charge < -0.3 is 35.8 Å². The molecule has 0 aromatic heterocycles. The lowest BCUT2D eigenvalue weighted by atomic mass is 10.0. The van der Waals surface area contributed by atoms with Crippen LogP contribution in [0.3, 0.4) is 0 Å². The first-order chi connectivity index (χ1) is 19.7. The molecule has 5 N–H and O–H groups in total. The van der Waals surface area contributed by atoms with E-state index in [0.717, 1.165) is 5.56 Å². The number of hydrogen-bond donors (Lipinski definition) is 5. The molecule has 0 heterocycles. The maximum Gasteiger partial charge on any atom is 0.408 e. The topological polar surface area (TPSA) is 155 Å². The van der Waals surface area contributed by atoms with Crippen molar-refractivity contribution in [2.24, 2.45) is 5.92 Å². The van der Waals surface area contributed by atoms with Gasteiger partial charge in [-0.05, 0) is 48.4 Å². The van der Waals surface area contributed by atoms with Crippen molar-refractivity contribution >= 4 is 29.7 Å². The van der Waals surface area contributed by atoms with E-state index in [0.29, 0.717) is 30.6 Å². The Kier molecular flexibility index (Phi) is 14.5. The van der Waals surface area contributed by atoms with Gasteiger partial charge in [-0.1, -0.05) is 69.0 Å². The van der Waals surface area contributed by atoms with E-state index >= 15 is 0 Å². The Labute approximate surface area is 240 Å². The first kappa shape index (κ1) is 32.8. The quantitative estimate of drug-likeness (QED) is 0.153. The lowest BCUT2D eigenvalue weighted by molar-refractivity contribution is -0.128. The summed E-state index contributed by atoms with van der Waals surface area (Å²) in [6.45, 7) is 7.38. The van der Waals surface area contributed by atoms with E-state index in [1.807, 2.05) is 30.3 Å². The van der Waals surface area contributed by atoms with Crippen molar-refractivity contribution in [2.75, 3.05) is 18.5 Å². The molecule has 2 atom stereocenters. The number of rotatable bonds is 16. The maximum absolute atomic E-state index is 13.3. The molecule has 0 aliphatic rings. The van der Waals surface area contributed by atoms with Gasteiger partial charge in [-0.25, -0.2) is 9.59 Å². The molecule has 2 aromatic rings. The molecule has 0 fully saturated rings. The van der Waals surface area contributed by atoms with Gasteiger partial charge in [0.1, 0.15) is 25.3 Å². The third kappa shape index (κ3) is 12.6. The van der Waals surface area contributed by atoms with Crippen LogP contribution in [0.1, 0.15) is 44.2 Å². The van der Waals surface area contributed by atoms with Crippen molar-refractivity contribution < 1.29 is 33.8 Å². The molecule has 0 saturated heterocycles. The number of aliphatic hydroxyl groups is 1. The van der Waals surface area contributed by atoms with Crippen LogP contribution in [0.15, 0.2) is 67.3 Å². The van der Waals surface area contributed by atoms with Crippen LogP contribution < -0.4 is 21.3 Å². The van der Waals surface area contributed by atoms with Crippen molar-refractivity contribution in [3.05, 3.63) is 78.4 Å². The zero-order valence-electron chi connectivity index (χ0n) is 23.6. The standard InChI is InChI=1S/C30H40N4O7/c1-4-18-40-29(38)31-17-9-8-12-25(27(36)32-24-15-13-22(19-35)14-16-24)33-28(37)26(21(2)3)34-30(39)41-20-23-10-6-5-7-11-23/h4-7,10-11,13-16,21,25-26,35H,1,8-9,12,17-20H2,2-3H3,(H,31,38)(H,32,36)(H,33,37)(H,34,39)/t25?,26-/m0/s1. The minimum atomic E-state index is -0.946. The van der Waals surface area contributed by atoms with Crippen LogP contribution in [0.5, 0.6) is 0 Å². The number of unbranched alkanes of at least 4 members (excludes halogenated alkanes) is 1. The van der Waals surface area contributed by atoms with Gasteiger partial charge in [-0.15, -0.1) is 0 Å². The minimum Gasteiger partial charge on any atom is -0.445 e. The molecule has 11 heteroatoms. The van der Waals surface area contributed by atoms with Crippen molar-refractivity contribution in [2.45, 2.75) is 58.4 Å². The van der Waals surface area contributed by atoms with Crippen LogP contribution in [-0.2, 0) is 32.3 Å². The zero-order chi connectivity index (χ0) is 30.0. The fourth-order valence-corrected chi connectivity index (χ4v) is 3.73. The first-order valence-electron chi connectivity index (χ1n) is 13.5. The van der Waals surface area contributed by atoms with E-state index in [2.05, 4.69) is 27.8 Å². The molecular weight excluding hydrogens is 528 g/mol. The van der Waals surface area contributed by atoms with Crippen LogP contribution >= 0.6 is 0 Å². The predicted molar refractivity (Wildman–Crippen MR) is 155 cm³/mol. The largest absolute Gasteiger partial charge is 0.445 e. The van der Waals surface area contributed by atoms with E-state index in [-0.39, 0.29) is 32.2 Å². The number of alkyl carbamates (subject to hydrolysis) is 2. The predicted octanol–water partition coefficient (Wildman–Crippen LogP) is 3.64. The number of carbonyl (C=O) groups is 4. The fourth-order valence-electron chi connectivity index (χ4n) is 3.73. The van der Waals surface area contributed by atoms with Crippen LogP contribution in [0.2, 0.25) is 0 Å². The van der Waals surface area contributed by atoms with Gasteiger partial charge in [-0.2, -0.15) is 0 Å². The van der Waals surface area contributed by atoms with Gasteiger partial charge >= 0.3 is 12.2 Å². The summed E-state index contributed by atoms with van der Waals surface area (Å²) in [6, 6.07) is 14.0. The van der Waals surface area contributed by atoms with Crippen molar-refractivity contribution in [3.8, 4) is 0 Å². The van der Waals surface area contributed by atoms with Crippen molar-refractivity contribution in [1.82, 2.24) is 16.0 Å². The molecule has 41 heavy (non-hydrogen) atoms. The highest BCUT2D eigenvalue weighted by molar-refractivity contribution is 5.98. The Morgan fingerprint density at radius 2 is 1.59 bits per heavy atom. The average molecular weight is 569 g/mol. The summed E-state index contributed by atoms with van der Waals surface area (Å²) < 4.78 is 10.1. The molecule has 0 bridgehead atoms. The number of anilines is 1. The highest BCUT2D eigenvalue weighted by atomic mass is 16.6. The molecule has 0 aliphatic heterocycles. The number of ether oxygens (including phenoxy) is 2. The van der Waals surface area contributed by atoms with Crippen LogP contribution in [-0.4, -0.2) is 54.3 Å². The van der Waals surface area contributed by atoms with E-state index in [1.165, 1.54) is 6.08 Å². The Morgan fingerprint density at radius 1 is 0.878 bits per heavy atom. The molecule has 0 aliphatic carbocycles. The van der Waals surface area contributed by atoms with Gasteiger partial charge in [0.25, 0.3) is 0 Å². The third-order valence-corrected chi connectivity index (χ3v) is 5.99. The summed E-state index contributed by atoms with van der Waals surface area (Å²) in [6.07, 6.45) is 1.46. The molecule has 2 rings (SSSR count). The van der Waals surface area contributed by atoms with Gasteiger partial charge in [-0.3, -0.25) is 9.59 Å². The maximum atomic E-state index is 13.3. The molecule has 0 spiro atoms. The third-order valence-electron chi connectivity index (χ3n) is 5.99. The van der Waals surface area contributed by atoms with Gasteiger partial charge in [0.15, 0.2) is 0 Å². The normalized spacial score (nSPS) is 12.0. The minimum absolute atomic E-state index is 0.0500. The van der Waals surface area contributed by atoms with Gasteiger partial charge in [0.05, 0.1) is 6.61 Å². The molecule has 0 saturated carbocycles. The van der Waals surface area contributed by atoms with Crippen LogP contribution in [0.4, 0.5) is 15.3 Å². The number of aliphatic hydroxyl groups excluding tert-OH is 1. The summed E-state index contributed by atoms with van der Waals surface area (Å²) >= 11 is 0. The highest BCUT2D eigenvalue weighted by Crippen LogP contribution is 2.13. The number of nitrogens with one attached hydrogen (secondary N) is 4. The SMILES string of the molecule is C=CCOC(=O)NCCCCC(NC(=O)[C@@H](NC(=O)OCc1ccccc1)C(C)C)C(=O)Nc1ccc(CO)cc1. The van der Waals surface area contributed by atoms with Crippen LogP contribution in [0.25, 0.3) is 0 Å². The monoisotopic (exact) mass is 568 g/mol. The van der Waals surface area contributed by atoms with E-state index < -0.39 is 36.1 Å². The van der Waals surface area contributed by atoms with E-state index in [9.17, 15) is 24.3 Å². The first-order valence-corrected chi connectivity index (χ1v) is 13.5. The molecule has 222 valence electrons. The summed E-state index contributed by atoms with van der Waals surface area (Å²) in [7, 11) is 0.